The fraction of sp³-hybridized carbons (Fsp3) is 0.615. The summed E-state index contributed by atoms with van der Waals surface area (Å²) in [6, 6.07) is 3.01. The lowest BCUT2D eigenvalue weighted by Gasteiger charge is -2.24. The number of hydrogen-bond donors (Lipinski definition) is 1. The molecular weight excluding hydrogens is 198 g/mol. The van der Waals surface area contributed by atoms with Crippen LogP contribution in [0.25, 0.3) is 6.08 Å². The van der Waals surface area contributed by atoms with Crippen LogP contribution >= 0.6 is 0 Å². The van der Waals surface area contributed by atoms with E-state index in [1.54, 1.807) is 0 Å². The van der Waals surface area contributed by atoms with E-state index in [1.807, 2.05) is 0 Å². The van der Waals surface area contributed by atoms with Crippen LogP contribution in [0.1, 0.15) is 51.3 Å². The molecule has 0 saturated heterocycles. The molecule has 3 heteroatoms. The molecule has 1 saturated carbocycles. The molecule has 16 heavy (non-hydrogen) atoms. The van der Waals surface area contributed by atoms with E-state index in [2.05, 4.69) is 42.0 Å². The summed E-state index contributed by atoms with van der Waals surface area (Å²) < 4.78 is 2.09. The zero-order valence-corrected chi connectivity index (χ0v) is 10.2. The first-order valence-electron chi connectivity index (χ1n) is 6.23. The van der Waals surface area contributed by atoms with Crippen molar-refractivity contribution < 1.29 is 0 Å². The molecule has 0 aliphatic heterocycles. The molecule has 0 bridgehead atoms. The van der Waals surface area contributed by atoms with Gasteiger partial charge in [-0.2, -0.15) is 5.10 Å². The van der Waals surface area contributed by atoms with Crippen molar-refractivity contribution in [2.24, 2.45) is 5.73 Å². The van der Waals surface area contributed by atoms with Crippen LogP contribution in [-0.4, -0.2) is 15.8 Å². The van der Waals surface area contributed by atoms with Gasteiger partial charge in [0.15, 0.2) is 0 Å². The summed E-state index contributed by atoms with van der Waals surface area (Å²) in [6.45, 7) is 4.41. The molecule has 0 amide bonds. The van der Waals surface area contributed by atoms with E-state index in [-0.39, 0.29) is 0 Å². The van der Waals surface area contributed by atoms with Crippen molar-refractivity contribution in [2.75, 3.05) is 0 Å². The van der Waals surface area contributed by atoms with E-state index in [1.165, 1.54) is 5.57 Å². The maximum absolute atomic E-state index is 5.75. The Morgan fingerprint density at radius 2 is 2.19 bits per heavy atom. The Bertz CT molecular complexity index is 366. The van der Waals surface area contributed by atoms with E-state index < -0.39 is 0 Å². The summed E-state index contributed by atoms with van der Waals surface area (Å²) in [7, 11) is 0. The molecule has 0 unspecified atom stereocenters. The highest BCUT2D eigenvalue weighted by atomic mass is 15.3. The minimum atomic E-state index is 0.382. The Morgan fingerprint density at radius 1 is 1.50 bits per heavy atom. The molecule has 0 radical (unpaired) electrons. The normalized spacial score (nSPS) is 20.0. The lowest BCUT2D eigenvalue weighted by molar-refractivity contribution is 0.428. The smallest absolute Gasteiger partial charge is 0.0850 e. The van der Waals surface area contributed by atoms with Gasteiger partial charge in [-0.3, -0.25) is 4.68 Å². The van der Waals surface area contributed by atoms with Crippen LogP contribution in [0.2, 0.25) is 0 Å². The maximum Gasteiger partial charge on any atom is 0.0850 e. The van der Waals surface area contributed by atoms with Crippen LogP contribution in [0, 0.1) is 0 Å². The van der Waals surface area contributed by atoms with Gasteiger partial charge in [-0.25, -0.2) is 0 Å². The monoisotopic (exact) mass is 219 g/mol. The average molecular weight is 219 g/mol. The SMILES string of the molecule is CCC(CC)n1ccc(C=C2CC(N)C2)n1. The average Bonchev–Trinajstić information content (AvgIpc) is 2.66. The first-order valence-corrected chi connectivity index (χ1v) is 6.23. The zero-order valence-electron chi connectivity index (χ0n) is 10.2. The number of aromatic nitrogens is 2. The molecule has 88 valence electrons. The van der Waals surface area contributed by atoms with E-state index in [0.717, 1.165) is 31.4 Å². The maximum atomic E-state index is 5.75. The van der Waals surface area contributed by atoms with Crippen LogP contribution in [0.15, 0.2) is 17.8 Å². The molecule has 0 spiro atoms. The fourth-order valence-electron chi connectivity index (χ4n) is 2.24. The van der Waals surface area contributed by atoms with Crippen LogP contribution in [0.4, 0.5) is 0 Å². The van der Waals surface area contributed by atoms with E-state index in [9.17, 15) is 0 Å². The standard InChI is InChI=1S/C13H21N3/c1-3-13(4-2)16-6-5-12(15-16)9-10-7-11(14)8-10/h5-6,9,11,13H,3-4,7-8,14H2,1-2H3. The Morgan fingerprint density at radius 3 is 2.75 bits per heavy atom. The largest absolute Gasteiger partial charge is 0.327 e. The number of nitrogens with zero attached hydrogens (tertiary/aromatic N) is 2. The summed E-state index contributed by atoms with van der Waals surface area (Å²) in [5.41, 5.74) is 8.26. The first kappa shape index (κ1) is 11.4. The second-order valence-electron chi connectivity index (χ2n) is 4.66. The predicted molar refractivity (Wildman–Crippen MR) is 67.0 cm³/mol. The summed E-state index contributed by atoms with van der Waals surface area (Å²) in [4.78, 5) is 0. The second-order valence-corrected chi connectivity index (χ2v) is 4.66. The third-order valence-electron chi connectivity index (χ3n) is 3.35. The minimum absolute atomic E-state index is 0.382. The van der Waals surface area contributed by atoms with Gasteiger partial charge in [-0.15, -0.1) is 0 Å². The molecule has 0 atom stereocenters. The van der Waals surface area contributed by atoms with Crippen molar-refractivity contribution >= 4 is 6.08 Å². The van der Waals surface area contributed by atoms with Crippen molar-refractivity contribution in [1.82, 2.24) is 9.78 Å². The molecule has 1 aromatic heterocycles. The van der Waals surface area contributed by atoms with Crippen LogP contribution in [-0.2, 0) is 0 Å². The van der Waals surface area contributed by atoms with Gasteiger partial charge < -0.3 is 5.73 Å². The molecule has 1 aliphatic rings. The number of nitrogens with two attached hydrogens (primary N) is 1. The van der Waals surface area contributed by atoms with Crippen LogP contribution in [0.3, 0.4) is 0 Å². The molecule has 1 aliphatic carbocycles. The number of hydrogen-bond acceptors (Lipinski definition) is 2. The molecule has 0 aromatic carbocycles. The van der Waals surface area contributed by atoms with Crippen molar-refractivity contribution in [1.29, 1.82) is 0 Å². The Balaban J connectivity index is 2.05. The number of rotatable bonds is 4. The van der Waals surface area contributed by atoms with E-state index in [4.69, 9.17) is 5.73 Å². The van der Waals surface area contributed by atoms with Gasteiger partial charge in [0.05, 0.1) is 11.7 Å². The zero-order chi connectivity index (χ0) is 11.5. The van der Waals surface area contributed by atoms with E-state index >= 15 is 0 Å². The lowest BCUT2D eigenvalue weighted by Crippen LogP contribution is -2.29. The third-order valence-corrected chi connectivity index (χ3v) is 3.35. The molecule has 3 nitrogen and oxygen atoms in total. The highest BCUT2D eigenvalue weighted by molar-refractivity contribution is 5.50. The van der Waals surface area contributed by atoms with Gasteiger partial charge in [-0.05, 0) is 37.8 Å². The predicted octanol–water partition coefficient (Wildman–Crippen LogP) is 2.75. The highest BCUT2D eigenvalue weighted by Gasteiger charge is 2.18. The van der Waals surface area contributed by atoms with Crippen LogP contribution in [0.5, 0.6) is 0 Å². The Hall–Kier alpha value is -1.09. The van der Waals surface area contributed by atoms with Crippen molar-refractivity contribution in [3.05, 3.63) is 23.5 Å². The van der Waals surface area contributed by atoms with Gasteiger partial charge in [-0.1, -0.05) is 19.4 Å². The van der Waals surface area contributed by atoms with Gasteiger partial charge in [0, 0.05) is 12.2 Å². The second kappa shape index (κ2) is 4.83. The van der Waals surface area contributed by atoms with Gasteiger partial charge in [0.2, 0.25) is 0 Å². The summed E-state index contributed by atoms with van der Waals surface area (Å²) in [6.07, 6.45) is 8.62. The molecule has 1 heterocycles. The summed E-state index contributed by atoms with van der Waals surface area (Å²) in [5, 5.41) is 4.60. The van der Waals surface area contributed by atoms with Crippen molar-refractivity contribution in [3.8, 4) is 0 Å². The molecule has 1 fully saturated rings. The topological polar surface area (TPSA) is 43.8 Å². The quantitative estimate of drug-likeness (QED) is 0.846. The molecule has 1 aromatic rings. The fourth-order valence-corrected chi connectivity index (χ4v) is 2.24. The summed E-state index contributed by atoms with van der Waals surface area (Å²) >= 11 is 0. The Labute approximate surface area is 97.3 Å². The van der Waals surface area contributed by atoms with Gasteiger partial charge >= 0.3 is 0 Å². The van der Waals surface area contributed by atoms with Crippen molar-refractivity contribution in [3.63, 3.8) is 0 Å². The summed E-state index contributed by atoms with van der Waals surface area (Å²) in [5.74, 6) is 0. The third kappa shape index (κ3) is 2.35. The molecule has 2 rings (SSSR count). The minimum Gasteiger partial charge on any atom is -0.327 e. The van der Waals surface area contributed by atoms with Gasteiger partial charge in [0.25, 0.3) is 0 Å². The molecular formula is C13H21N3. The highest BCUT2D eigenvalue weighted by Crippen LogP contribution is 2.26. The first-order chi connectivity index (χ1) is 7.72. The Kier molecular flexibility index (Phi) is 3.44. The lowest BCUT2D eigenvalue weighted by atomic mass is 9.86. The van der Waals surface area contributed by atoms with Gasteiger partial charge in [0.1, 0.15) is 0 Å². The van der Waals surface area contributed by atoms with Crippen LogP contribution < -0.4 is 5.73 Å². The van der Waals surface area contributed by atoms with Crippen molar-refractivity contribution in [2.45, 2.75) is 51.6 Å². The molecule has 2 N–H and O–H groups in total. The van der Waals surface area contributed by atoms with E-state index in [0.29, 0.717) is 12.1 Å².